The van der Waals surface area contributed by atoms with Crippen molar-refractivity contribution in [3.05, 3.63) is 50.6 Å². The van der Waals surface area contributed by atoms with Crippen molar-refractivity contribution in [3.63, 3.8) is 0 Å². The van der Waals surface area contributed by atoms with E-state index >= 15 is 0 Å². The Morgan fingerprint density at radius 3 is 2.69 bits per heavy atom. The van der Waals surface area contributed by atoms with Gasteiger partial charge in [0.25, 0.3) is 11.8 Å². The van der Waals surface area contributed by atoms with Crippen molar-refractivity contribution in [2.45, 2.75) is 38.0 Å². The Labute approximate surface area is 233 Å². The van der Waals surface area contributed by atoms with Crippen molar-refractivity contribution >= 4 is 57.9 Å². The Balaban J connectivity index is 1.35. The fourth-order valence-electron chi connectivity index (χ4n) is 4.99. The summed E-state index contributed by atoms with van der Waals surface area (Å²) in [5.74, 6) is -1.42. The largest absolute Gasteiger partial charge is 0.464 e. The number of aromatic nitrogens is 2. The van der Waals surface area contributed by atoms with Crippen LogP contribution in [0.3, 0.4) is 0 Å². The molecule has 2 aliphatic rings. The maximum Gasteiger partial charge on any atom is 0.330 e. The zero-order valence-corrected chi connectivity index (χ0v) is 23.1. The number of thiazole rings is 1. The third-order valence-corrected chi connectivity index (χ3v) is 8.29. The normalized spacial score (nSPS) is 20.4. The Hall–Kier alpha value is -3.32. The minimum absolute atomic E-state index is 0.131. The zero-order chi connectivity index (χ0) is 27.7. The molecule has 1 unspecified atom stereocenters. The lowest BCUT2D eigenvalue weighted by molar-refractivity contribution is -0.150. The second-order valence-corrected chi connectivity index (χ2v) is 11.3. The average Bonchev–Trinajstić information content (AvgIpc) is 3.61. The maximum atomic E-state index is 13.2. The first-order chi connectivity index (χ1) is 18.7. The number of amides is 2. The molecule has 2 aromatic heterocycles. The van der Waals surface area contributed by atoms with Crippen molar-refractivity contribution in [2.75, 3.05) is 33.3 Å². The van der Waals surface area contributed by atoms with Gasteiger partial charge in [0.15, 0.2) is 11.0 Å². The van der Waals surface area contributed by atoms with E-state index in [9.17, 15) is 19.2 Å². The summed E-state index contributed by atoms with van der Waals surface area (Å²) in [7, 11) is 2.03. The van der Waals surface area contributed by atoms with Gasteiger partial charge >= 0.3 is 5.97 Å². The molecule has 4 heterocycles. The van der Waals surface area contributed by atoms with Crippen LogP contribution in [0.5, 0.6) is 0 Å². The molecule has 0 radical (unpaired) electrons. The standard InChI is InChI=1S/C26H29ClN6O5S/c1-3-38-26(37)21(13-34)33-10-19(29-23(35)18-9-14-8-15(27)4-5-16(14)28-18)20(11-33)30-24(36)25-31-17-6-7-32(2)12-22(17)39-25/h4-5,8-9,13,19-21,28H,3,6-7,10-12H2,1-2H3,(H,29,35)(H,30,36)/t19-,20-,21?/m1/s1. The number of carbonyl (C=O) groups is 4. The molecule has 3 aromatic rings. The van der Waals surface area contributed by atoms with Crippen molar-refractivity contribution in [3.8, 4) is 0 Å². The number of halogens is 1. The first kappa shape index (κ1) is 27.3. The molecule has 11 nitrogen and oxygen atoms in total. The number of H-pyrrole nitrogens is 1. The van der Waals surface area contributed by atoms with Gasteiger partial charge in [0.1, 0.15) is 12.0 Å². The summed E-state index contributed by atoms with van der Waals surface area (Å²) in [4.78, 5) is 63.2. The van der Waals surface area contributed by atoms with Gasteiger partial charge in [-0.05, 0) is 38.2 Å². The summed E-state index contributed by atoms with van der Waals surface area (Å²) < 4.78 is 5.06. The predicted octanol–water partition coefficient (Wildman–Crippen LogP) is 1.61. The van der Waals surface area contributed by atoms with E-state index < -0.39 is 24.1 Å². The monoisotopic (exact) mass is 572 g/mol. The summed E-state index contributed by atoms with van der Waals surface area (Å²) in [5, 5.41) is 7.63. The highest BCUT2D eigenvalue weighted by Gasteiger charge is 2.41. The number of nitrogens with one attached hydrogen (secondary N) is 3. The lowest BCUT2D eigenvalue weighted by atomic mass is 10.1. The highest BCUT2D eigenvalue weighted by molar-refractivity contribution is 7.13. The number of aldehydes is 1. The van der Waals surface area contributed by atoms with Crippen LogP contribution in [-0.4, -0.2) is 95.3 Å². The molecule has 2 aliphatic heterocycles. The molecule has 3 atom stereocenters. The summed E-state index contributed by atoms with van der Waals surface area (Å²) in [5.41, 5.74) is 2.01. The number of hydrogen-bond donors (Lipinski definition) is 3. The van der Waals surface area contributed by atoms with Crippen LogP contribution in [0, 0.1) is 0 Å². The number of hydrogen-bond acceptors (Lipinski definition) is 9. The van der Waals surface area contributed by atoms with Crippen LogP contribution >= 0.6 is 22.9 Å². The van der Waals surface area contributed by atoms with E-state index in [1.54, 1.807) is 36.1 Å². The fourth-order valence-corrected chi connectivity index (χ4v) is 6.27. The van der Waals surface area contributed by atoms with Crippen LogP contribution < -0.4 is 10.6 Å². The van der Waals surface area contributed by atoms with E-state index in [0.717, 1.165) is 41.0 Å². The van der Waals surface area contributed by atoms with Gasteiger partial charge < -0.3 is 30.0 Å². The molecule has 39 heavy (non-hydrogen) atoms. The molecule has 0 bridgehead atoms. The molecular weight excluding hydrogens is 544 g/mol. The second kappa shape index (κ2) is 11.4. The molecule has 5 rings (SSSR count). The van der Waals surface area contributed by atoms with E-state index in [-0.39, 0.29) is 31.5 Å². The summed E-state index contributed by atoms with van der Waals surface area (Å²) in [6.45, 7) is 3.73. The van der Waals surface area contributed by atoms with E-state index in [4.69, 9.17) is 16.3 Å². The van der Waals surface area contributed by atoms with Crippen molar-refractivity contribution < 1.29 is 23.9 Å². The van der Waals surface area contributed by atoms with Crippen LogP contribution in [0.4, 0.5) is 0 Å². The van der Waals surface area contributed by atoms with Crippen molar-refractivity contribution in [2.24, 2.45) is 0 Å². The average molecular weight is 573 g/mol. The number of benzene rings is 1. The second-order valence-electron chi connectivity index (χ2n) is 9.74. The third-order valence-electron chi connectivity index (χ3n) is 6.98. The molecule has 13 heteroatoms. The number of likely N-dealkylation sites (tertiary alicyclic amines) is 1. The van der Waals surface area contributed by atoms with Gasteiger partial charge in [-0.3, -0.25) is 14.5 Å². The molecule has 2 amide bonds. The molecule has 0 saturated carbocycles. The maximum absolute atomic E-state index is 13.2. The lowest BCUT2D eigenvalue weighted by Crippen LogP contribution is -2.51. The zero-order valence-electron chi connectivity index (χ0n) is 21.5. The summed E-state index contributed by atoms with van der Waals surface area (Å²) in [6.07, 6.45) is 1.30. The number of esters is 1. The van der Waals surface area contributed by atoms with E-state index in [2.05, 4.69) is 25.5 Å². The van der Waals surface area contributed by atoms with Crippen LogP contribution in [0.1, 0.15) is 37.8 Å². The van der Waals surface area contributed by atoms with Crippen LogP contribution in [-0.2, 0) is 27.3 Å². The molecule has 1 fully saturated rings. The number of ether oxygens (including phenoxy) is 1. The van der Waals surface area contributed by atoms with Gasteiger partial charge in [-0.25, -0.2) is 9.78 Å². The van der Waals surface area contributed by atoms with Gasteiger partial charge in [-0.2, -0.15) is 0 Å². The van der Waals surface area contributed by atoms with E-state index in [1.807, 2.05) is 7.05 Å². The number of rotatable bonds is 8. The van der Waals surface area contributed by atoms with Gasteiger partial charge in [-0.1, -0.05) is 11.6 Å². The van der Waals surface area contributed by atoms with Crippen LogP contribution in [0.15, 0.2) is 24.3 Å². The minimum atomic E-state index is -1.15. The van der Waals surface area contributed by atoms with Gasteiger partial charge in [0.2, 0.25) is 0 Å². The topological polar surface area (TPSA) is 137 Å². The number of aromatic amines is 1. The quantitative estimate of drug-likeness (QED) is 0.210. The number of nitrogens with zero attached hydrogens (tertiary/aromatic N) is 3. The highest BCUT2D eigenvalue weighted by Crippen LogP contribution is 2.25. The first-order valence-electron chi connectivity index (χ1n) is 12.7. The Bertz CT molecular complexity index is 1420. The molecular formula is C26H29ClN6O5S. The van der Waals surface area contributed by atoms with Crippen molar-refractivity contribution in [1.29, 1.82) is 0 Å². The summed E-state index contributed by atoms with van der Waals surface area (Å²) >= 11 is 7.44. The number of fused-ring (bicyclic) bond motifs is 2. The summed E-state index contributed by atoms with van der Waals surface area (Å²) in [6, 6.07) is 4.64. The van der Waals surface area contributed by atoms with E-state index in [0.29, 0.717) is 22.0 Å². The van der Waals surface area contributed by atoms with Gasteiger partial charge in [0, 0.05) is 53.4 Å². The Morgan fingerprint density at radius 2 is 1.97 bits per heavy atom. The van der Waals surface area contributed by atoms with Crippen LogP contribution in [0.25, 0.3) is 10.9 Å². The first-order valence-corrected chi connectivity index (χ1v) is 13.9. The SMILES string of the molecule is CCOC(=O)C(C=O)N1C[C@@H](NC(=O)c2cc3cc(Cl)ccc3[nH]2)[C@H](NC(=O)c2nc3c(s2)CN(C)CC3)C1. The minimum Gasteiger partial charge on any atom is -0.464 e. The molecule has 1 saturated heterocycles. The van der Waals surface area contributed by atoms with Crippen LogP contribution in [0.2, 0.25) is 5.02 Å². The lowest BCUT2D eigenvalue weighted by Gasteiger charge is -2.21. The molecule has 3 N–H and O–H groups in total. The van der Waals surface area contributed by atoms with Crippen molar-refractivity contribution in [1.82, 2.24) is 30.4 Å². The predicted molar refractivity (Wildman–Crippen MR) is 146 cm³/mol. The van der Waals surface area contributed by atoms with Gasteiger partial charge in [-0.15, -0.1) is 11.3 Å². The number of carbonyl (C=O) groups excluding carboxylic acids is 4. The molecule has 0 spiro atoms. The Morgan fingerprint density at radius 1 is 1.23 bits per heavy atom. The third kappa shape index (κ3) is 5.83. The molecule has 206 valence electrons. The smallest absolute Gasteiger partial charge is 0.330 e. The van der Waals surface area contributed by atoms with E-state index in [1.165, 1.54) is 11.3 Å². The number of likely N-dealkylation sites (N-methyl/N-ethyl adjacent to an activating group) is 1. The molecule has 0 aliphatic carbocycles. The molecule has 1 aromatic carbocycles. The highest BCUT2D eigenvalue weighted by atomic mass is 35.5. The Kier molecular flexibility index (Phi) is 7.98. The van der Waals surface area contributed by atoms with Gasteiger partial charge in [0.05, 0.1) is 24.4 Å². The fraction of sp³-hybridized carbons (Fsp3) is 0.423.